The Hall–Kier alpha value is -3.59. The number of aromatic nitrogens is 2. The number of thioether (sulfide) groups is 1. The highest BCUT2D eigenvalue weighted by atomic mass is 32.2. The van der Waals surface area contributed by atoms with E-state index in [1.165, 1.54) is 11.8 Å². The molecule has 0 amide bonds. The largest absolute Gasteiger partial charge is 0.491 e. The van der Waals surface area contributed by atoms with Crippen molar-refractivity contribution in [1.29, 1.82) is 10.5 Å². The number of nitriles is 2. The maximum atomic E-state index is 10.1. The van der Waals surface area contributed by atoms with Crippen LogP contribution in [0.4, 0.5) is 5.82 Å². The molecule has 3 heterocycles. The Morgan fingerprint density at radius 2 is 1.85 bits per heavy atom. The van der Waals surface area contributed by atoms with Crippen LogP contribution in [0.1, 0.15) is 23.1 Å². The van der Waals surface area contributed by atoms with E-state index >= 15 is 0 Å². The average Bonchev–Trinajstić information content (AvgIpc) is 2.82. The highest BCUT2D eigenvalue weighted by Gasteiger charge is 2.27. The SMILES string of the molecule is COCCOc1ccc(-c2c(C#N)c(SCc3cccnc3)nc(N3CCC3)c2C#N)cc1. The maximum Gasteiger partial charge on any atom is 0.148 e. The van der Waals surface area contributed by atoms with Crippen LogP contribution < -0.4 is 9.64 Å². The minimum Gasteiger partial charge on any atom is -0.491 e. The summed E-state index contributed by atoms with van der Waals surface area (Å²) in [6.45, 7) is 2.66. The smallest absolute Gasteiger partial charge is 0.148 e. The number of pyridine rings is 2. The second-order valence-corrected chi connectivity index (χ2v) is 8.41. The van der Waals surface area contributed by atoms with E-state index in [1.807, 2.05) is 42.6 Å². The summed E-state index contributed by atoms with van der Waals surface area (Å²) in [5.74, 6) is 1.98. The summed E-state index contributed by atoms with van der Waals surface area (Å²) in [7, 11) is 1.63. The third-order valence-corrected chi connectivity index (χ3v) is 6.37. The first kappa shape index (κ1) is 22.6. The van der Waals surface area contributed by atoms with Crippen molar-refractivity contribution in [3.05, 3.63) is 65.5 Å². The molecule has 33 heavy (non-hydrogen) atoms. The van der Waals surface area contributed by atoms with Crippen molar-refractivity contribution < 1.29 is 9.47 Å². The van der Waals surface area contributed by atoms with Crippen LogP contribution in [0, 0.1) is 22.7 Å². The highest BCUT2D eigenvalue weighted by molar-refractivity contribution is 7.98. The van der Waals surface area contributed by atoms with Crippen molar-refractivity contribution in [1.82, 2.24) is 9.97 Å². The van der Waals surface area contributed by atoms with Gasteiger partial charge in [0.2, 0.25) is 0 Å². The van der Waals surface area contributed by atoms with Gasteiger partial charge in [-0.2, -0.15) is 10.5 Å². The summed E-state index contributed by atoms with van der Waals surface area (Å²) in [5.41, 5.74) is 3.30. The molecule has 7 nitrogen and oxygen atoms in total. The van der Waals surface area contributed by atoms with Gasteiger partial charge in [-0.1, -0.05) is 18.2 Å². The molecule has 0 radical (unpaired) electrons. The number of rotatable bonds is 9. The van der Waals surface area contributed by atoms with E-state index in [9.17, 15) is 10.5 Å². The lowest BCUT2D eigenvalue weighted by atomic mass is 9.96. The third-order valence-electron chi connectivity index (χ3n) is 5.32. The Bertz CT molecular complexity index is 1180. The minimum atomic E-state index is 0.415. The molecule has 1 saturated heterocycles. The van der Waals surface area contributed by atoms with Gasteiger partial charge >= 0.3 is 0 Å². The van der Waals surface area contributed by atoms with Gasteiger partial charge in [-0.05, 0) is 35.7 Å². The number of ether oxygens (including phenoxy) is 2. The standard InChI is InChI=1S/C25H23N5O2S/c1-31-12-13-32-20-7-5-19(6-8-20)23-21(14-26)24(30-10-3-11-30)29-25(22(23)15-27)33-17-18-4-2-9-28-16-18/h2,4-9,16H,3,10-13,17H2,1H3. The molecule has 1 aliphatic rings. The molecule has 1 aromatic carbocycles. The van der Waals surface area contributed by atoms with Gasteiger partial charge in [-0.15, -0.1) is 11.8 Å². The third kappa shape index (κ3) is 5.09. The van der Waals surface area contributed by atoms with E-state index in [0.29, 0.717) is 52.3 Å². The molecular formula is C25H23N5O2S. The van der Waals surface area contributed by atoms with E-state index in [1.54, 1.807) is 13.3 Å². The second kappa shape index (κ2) is 10.8. The lowest BCUT2D eigenvalue weighted by Crippen LogP contribution is -2.38. The Balaban J connectivity index is 1.75. The van der Waals surface area contributed by atoms with Crippen LogP contribution in [0.15, 0.2) is 53.8 Å². The molecule has 1 fully saturated rings. The van der Waals surface area contributed by atoms with E-state index in [2.05, 4.69) is 22.0 Å². The normalized spacial score (nSPS) is 12.5. The molecule has 2 aromatic heterocycles. The van der Waals surface area contributed by atoms with Gasteiger partial charge in [0.25, 0.3) is 0 Å². The van der Waals surface area contributed by atoms with Crippen LogP contribution in [0.3, 0.4) is 0 Å². The predicted molar refractivity (Wildman–Crippen MR) is 127 cm³/mol. The summed E-state index contributed by atoms with van der Waals surface area (Å²) >= 11 is 1.49. The van der Waals surface area contributed by atoms with Crippen molar-refractivity contribution in [2.24, 2.45) is 0 Å². The zero-order valence-corrected chi connectivity index (χ0v) is 19.1. The van der Waals surface area contributed by atoms with Gasteiger partial charge in [0.05, 0.1) is 12.2 Å². The molecule has 1 aliphatic heterocycles. The second-order valence-electron chi connectivity index (χ2n) is 7.45. The summed E-state index contributed by atoms with van der Waals surface area (Å²) in [4.78, 5) is 11.1. The molecule has 0 aliphatic carbocycles. The Morgan fingerprint density at radius 1 is 1.06 bits per heavy atom. The molecule has 0 saturated carbocycles. The summed E-state index contributed by atoms with van der Waals surface area (Å²) in [6, 6.07) is 16.0. The van der Waals surface area contributed by atoms with Crippen LogP contribution >= 0.6 is 11.8 Å². The molecule has 0 spiro atoms. The van der Waals surface area contributed by atoms with Crippen molar-refractivity contribution >= 4 is 17.6 Å². The Morgan fingerprint density at radius 3 is 2.45 bits per heavy atom. The zero-order chi connectivity index (χ0) is 23.0. The van der Waals surface area contributed by atoms with Gasteiger partial charge in [-0.25, -0.2) is 4.98 Å². The quantitative estimate of drug-likeness (QED) is 0.344. The van der Waals surface area contributed by atoms with Crippen molar-refractivity contribution in [3.8, 4) is 29.0 Å². The van der Waals surface area contributed by atoms with E-state index in [0.717, 1.165) is 30.6 Å². The molecule has 166 valence electrons. The first-order valence-electron chi connectivity index (χ1n) is 10.6. The molecule has 0 atom stereocenters. The van der Waals surface area contributed by atoms with Gasteiger partial charge in [0, 0.05) is 43.9 Å². The average molecular weight is 458 g/mol. The van der Waals surface area contributed by atoms with E-state index in [-0.39, 0.29) is 0 Å². The zero-order valence-electron chi connectivity index (χ0n) is 18.3. The van der Waals surface area contributed by atoms with Gasteiger partial charge in [0.15, 0.2) is 0 Å². The van der Waals surface area contributed by atoms with E-state index < -0.39 is 0 Å². The lowest BCUT2D eigenvalue weighted by molar-refractivity contribution is 0.146. The molecule has 8 heteroatoms. The van der Waals surface area contributed by atoms with Crippen LogP contribution in [-0.2, 0) is 10.5 Å². The van der Waals surface area contributed by atoms with Crippen LogP contribution in [0.25, 0.3) is 11.1 Å². The topological polar surface area (TPSA) is 95.1 Å². The predicted octanol–water partition coefficient (Wildman–Crippen LogP) is 4.41. The highest BCUT2D eigenvalue weighted by Crippen LogP contribution is 2.39. The van der Waals surface area contributed by atoms with Crippen molar-refractivity contribution in [2.75, 3.05) is 38.3 Å². The van der Waals surface area contributed by atoms with Crippen LogP contribution in [0.2, 0.25) is 0 Å². The lowest BCUT2D eigenvalue weighted by Gasteiger charge is -2.33. The van der Waals surface area contributed by atoms with Crippen LogP contribution in [0.5, 0.6) is 5.75 Å². The molecule has 0 unspecified atom stereocenters. The monoisotopic (exact) mass is 457 g/mol. The van der Waals surface area contributed by atoms with Gasteiger partial charge in [-0.3, -0.25) is 4.98 Å². The van der Waals surface area contributed by atoms with Crippen LogP contribution in [-0.4, -0.2) is 43.4 Å². The summed E-state index contributed by atoms with van der Waals surface area (Å²) < 4.78 is 10.7. The number of benzene rings is 1. The molecule has 0 N–H and O–H groups in total. The first-order valence-corrected chi connectivity index (χ1v) is 11.6. The van der Waals surface area contributed by atoms with Crippen molar-refractivity contribution in [3.63, 3.8) is 0 Å². The number of hydrogen-bond acceptors (Lipinski definition) is 8. The molecule has 4 rings (SSSR count). The first-order chi connectivity index (χ1) is 16.2. The minimum absolute atomic E-state index is 0.415. The summed E-state index contributed by atoms with van der Waals surface area (Å²) in [5, 5.41) is 20.8. The van der Waals surface area contributed by atoms with Crippen molar-refractivity contribution in [2.45, 2.75) is 17.2 Å². The Labute approximate surface area is 197 Å². The molecule has 0 bridgehead atoms. The summed E-state index contributed by atoms with van der Waals surface area (Å²) in [6.07, 6.45) is 4.60. The maximum absolute atomic E-state index is 10.1. The molecular weight excluding hydrogens is 434 g/mol. The fourth-order valence-electron chi connectivity index (χ4n) is 3.51. The fraction of sp³-hybridized carbons (Fsp3) is 0.280. The van der Waals surface area contributed by atoms with E-state index in [4.69, 9.17) is 14.5 Å². The number of methoxy groups -OCH3 is 1. The number of nitrogens with zero attached hydrogens (tertiary/aromatic N) is 5. The number of anilines is 1. The van der Waals surface area contributed by atoms with Gasteiger partial charge < -0.3 is 14.4 Å². The Kier molecular flexibility index (Phi) is 7.41. The molecule has 3 aromatic rings. The number of hydrogen-bond donors (Lipinski definition) is 0. The fourth-order valence-corrected chi connectivity index (χ4v) is 4.42. The van der Waals surface area contributed by atoms with Gasteiger partial charge in [0.1, 0.15) is 40.9 Å².